The largest absolute Gasteiger partial charge is 1.00 e. The topological polar surface area (TPSA) is 125 Å². The van der Waals surface area contributed by atoms with Crippen molar-refractivity contribution in [3.05, 3.63) is 76.6 Å². The van der Waals surface area contributed by atoms with Gasteiger partial charge >= 0.3 is 35.5 Å². The number of carbonyl (C=O) groups excluding carboxylic acids is 1. The van der Waals surface area contributed by atoms with Crippen LogP contribution in [0.1, 0.15) is 67.8 Å². The van der Waals surface area contributed by atoms with Gasteiger partial charge in [0.25, 0.3) is 5.91 Å². The fourth-order valence-electron chi connectivity index (χ4n) is 4.70. The standard InChI is InChI=1S/C29H35F2N3O6.Na.H/c1-17(2)26-24(13-12-21(35)14-22(36)15-25(37)38)34(20-10-8-19(30)9-11-20)32-27(26)29(39)33(3)16-18-6-5-7-23(31)28(18)40-4;;/h5-11,17,21-22,35-36H,12-16H2,1-4H3,(H,37,38);;/q;+1;-1. The van der Waals surface area contributed by atoms with Gasteiger partial charge in [-0.1, -0.05) is 26.0 Å². The van der Waals surface area contributed by atoms with Crippen molar-refractivity contribution >= 4 is 11.9 Å². The smallest absolute Gasteiger partial charge is 1.00 e. The molecule has 0 bridgehead atoms. The number of benzene rings is 2. The van der Waals surface area contributed by atoms with E-state index < -0.39 is 42.1 Å². The average Bonchev–Trinajstić information content (AvgIpc) is 3.26. The van der Waals surface area contributed by atoms with Crippen molar-refractivity contribution in [2.75, 3.05) is 14.2 Å². The summed E-state index contributed by atoms with van der Waals surface area (Å²) in [5.74, 6) is -2.70. The normalized spacial score (nSPS) is 12.5. The number of carboxylic acids is 1. The van der Waals surface area contributed by atoms with Gasteiger partial charge in [-0.3, -0.25) is 9.59 Å². The summed E-state index contributed by atoms with van der Waals surface area (Å²) >= 11 is 0. The molecule has 218 valence electrons. The van der Waals surface area contributed by atoms with Crippen molar-refractivity contribution in [2.24, 2.45) is 0 Å². The molecule has 0 aliphatic heterocycles. The van der Waals surface area contributed by atoms with Crippen molar-refractivity contribution in [3.8, 4) is 11.4 Å². The third kappa shape index (κ3) is 8.83. The Morgan fingerprint density at radius 3 is 2.34 bits per heavy atom. The number of amides is 1. The van der Waals surface area contributed by atoms with Gasteiger partial charge in [-0.25, -0.2) is 13.5 Å². The van der Waals surface area contributed by atoms with Crippen molar-refractivity contribution in [3.63, 3.8) is 0 Å². The molecule has 9 nitrogen and oxygen atoms in total. The second kappa shape index (κ2) is 15.4. The molecule has 3 N–H and O–H groups in total. The molecule has 0 radical (unpaired) electrons. The Labute approximate surface area is 261 Å². The molecule has 0 aliphatic rings. The van der Waals surface area contributed by atoms with Crippen LogP contribution in [0.2, 0.25) is 0 Å². The fraction of sp³-hybridized carbons (Fsp3) is 0.414. The number of ether oxygens (including phenoxy) is 1. The summed E-state index contributed by atoms with van der Waals surface area (Å²) in [6, 6.07) is 10.1. The number of halogens is 2. The fourth-order valence-corrected chi connectivity index (χ4v) is 4.70. The number of nitrogens with zero attached hydrogens (tertiary/aromatic N) is 3. The van der Waals surface area contributed by atoms with E-state index in [-0.39, 0.29) is 74.2 Å². The van der Waals surface area contributed by atoms with E-state index in [4.69, 9.17) is 9.84 Å². The summed E-state index contributed by atoms with van der Waals surface area (Å²) < 4.78 is 34.6. The number of aromatic nitrogens is 2. The van der Waals surface area contributed by atoms with Crippen LogP contribution in [0.15, 0.2) is 42.5 Å². The number of carbonyl (C=O) groups is 2. The summed E-state index contributed by atoms with van der Waals surface area (Å²) in [6.45, 7) is 3.85. The van der Waals surface area contributed by atoms with Crippen LogP contribution in [0, 0.1) is 11.6 Å². The summed E-state index contributed by atoms with van der Waals surface area (Å²) in [5, 5.41) is 33.9. The van der Waals surface area contributed by atoms with Crippen molar-refractivity contribution in [2.45, 2.75) is 64.2 Å². The molecule has 3 rings (SSSR count). The van der Waals surface area contributed by atoms with Gasteiger partial charge in [-0.2, -0.15) is 5.10 Å². The quantitative estimate of drug-likeness (QED) is 0.258. The molecule has 0 aliphatic carbocycles. The van der Waals surface area contributed by atoms with Gasteiger partial charge in [0.15, 0.2) is 17.3 Å². The van der Waals surface area contributed by atoms with E-state index in [1.165, 1.54) is 48.4 Å². The summed E-state index contributed by atoms with van der Waals surface area (Å²) in [6.07, 6.45) is -2.42. The number of para-hydroxylation sites is 1. The number of carboxylic acid groups (broad SMARTS) is 1. The van der Waals surface area contributed by atoms with Gasteiger partial charge in [0.2, 0.25) is 0 Å². The number of methoxy groups -OCH3 is 1. The van der Waals surface area contributed by atoms with E-state index >= 15 is 0 Å². The molecular formula is C29H36F2N3NaO6. The monoisotopic (exact) mass is 583 g/mol. The Balaban J connectivity index is 0.00000441. The SMILES string of the molecule is COc1c(F)cccc1CN(C)C(=O)c1nn(-c2ccc(F)cc2)c(CCC(O)CC(O)CC(=O)O)c1C(C)C.[H-].[Na+]. The average molecular weight is 584 g/mol. The molecule has 1 amide bonds. The van der Waals surface area contributed by atoms with E-state index in [1.807, 2.05) is 13.8 Å². The number of aliphatic hydroxyl groups is 2. The molecule has 41 heavy (non-hydrogen) atoms. The van der Waals surface area contributed by atoms with Crippen LogP contribution in [0.4, 0.5) is 8.78 Å². The van der Waals surface area contributed by atoms with E-state index in [0.717, 1.165) is 0 Å². The summed E-state index contributed by atoms with van der Waals surface area (Å²) in [5.41, 5.74) is 2.39. The Bertz CT molecular complexity index is 1340. The van der Waals surface area contributed by atoms with E-state index in [1.54, 1.807) is 17.8 Å². The van der Waals surface area contributed by atoms with Crippen LogP contribution in [0.3, 0.4) is 0 Å². The molecule has 1 heterocycles. The van der Waals surface area contributed by atoms with Gasteiger partial charge in [-0.05, 0) is 55.5 Å². The minimum Gasteiger partial charge on any atom is -1.00 e. The second-order valence-electron chi connectivity index (χ2n) is 10.0. The van der Waals surface area contributed by atoms with E-state index in [0.29, 0.717) is 22.5 Å². The van der Waals surface area contributed by atoms with Gasteiger partial charge in [0, 0.05) is 30.4 Å². The zero-order valence-corrected chi connectivity index (χ0v) is 26.0. The Kier molecular flexibility index (Phi) is 12.9. The zero-order valence-electron chi connectivity index (χ0n) is 25.0. The van der Waals surface area contributed by atoms with Gasteiger partial charge in [0.05, 0.1) is 31.4 Å². The maximum Gasteiger partial charge on any atom is 1.00 e. The molecule has 0 fully saturated rings. The summed E-state index contributed by atoms with van der Waals surface area (Å²) in [7, 11) is 2.92. The van der Waals surface area contributed by atoms with Crippen molar-refractivity contribution < 1.29 is 69.4 Å². The predicted molar refractivity (Wildman–Crippen MR) is 145 cm³/mol. The minimum atomic E-state index is -1.20. The molecule has 1 aromatic heterocycles. The summed E-state index contributed by atoms with van der Waals surface area (Å²) in [4.78, 5) is 26.0. The minimum absolute atomic E-state index is 0. The van der Waals surface area contributed by atoms with E-state index in [9.17, 15) is 28.6 Å². The molecule has 3 aromatic rings. The molecule has 12 heteroatoms. The second-order valence-corrected chi connectivity index (χ2v) is 10.0. The first-order valence-corrected chi connectivity index (χ1v) is 12.9. The zero-order chi connectivity index (χ0) is 29.6. The number of aliphatic carboxylic acids is 1. The first-order chi connectivity index (χ1) is 18.9. The molecule has 2 unspecified atom stereocenters. The molecule has 2 aromatic carbocycles. The maximum absolute atomic E-state index is 14.2. The Morgan fingerprint density at radius 2 is 1.76 bits per heavy atom. The van der Waals surface area contributed by atoms with Crippen LogP contribution >= 0.6 is 0 Å². The molecule has 2 atom stereocenters. The Hall–Kier alpha value is -2.83. The first kappa shape index (κ1) is 34.4. The van der Waals surface area contributed by atoms with Crippen LogP contribution in [0.25, 0.3) is 5.69 Å². The number of hydrogen-bond donors (Lipinski definition) is 3. The number of aliphatic hydroxyl groups excluding tert-OH is 2. The van der Waals surface area contributed by atoms with E-state index in [2.05, 4.69) is 5.10 Å². The van der Waals surface area contributed by atoms with Crippen molar-refractivity contribution in [1.29, 1.82) is 0 Å². The molecular weight excluding hydrogens is 547 g/mol. The van der Waals surface area contributed by atoms with Crippen LogP contribution in [-0.2, 0) is 17.8 Å². The number of rotatable bonds is 13. The third-order valence-corrected chi connectivity index (χ3v) is 6.55. The molecule has 0 saturated heterocycles. The van der Waals surface area contributed by atoms with Crippen LogP contribution in [0.5, 0.6) is 5.75 Å². The number of hydrogen-bond acceptors (Lipinski definition) is 6. The third-order valence-electron chi connectivity index (χ3n) is 6.55. The van der Waals surface area contributed by atoms with Crippen molar-refractivity contribution in [1.82, 2.24) is 14.7 Å². The molecule has 0 saturated carbocycles. The Morgan fingerprint density at radius 1 is 1.10 bits per heavy atom. The van der Waals surface area contributed by atoms with Crippen LogP contribution < -0.4 is 34.3 Å². The predicted octanol–water partition coefficient (Wildman–Crippen LogP) is 1.19. The first-order valence-electron chi connectivity index (χ1n) is 12.9. The van der Waals surface area contributed by atoms with Gasteiger partial charge in [0.1, 0.15) is 5.82 Å². The molecule has 0 spiro atoms. The van der Waals surface area contributed by atoms with Crippen LogP contribution in [-0.4, -0.2) is 68.2 Å². The van der Waals surface area contributed by atoms with Gasteiger partial charge < -0.3 is 26.4 Å². The van der Waals surface area contributed by atoms with Gasteiger partial charge in [-0.15, -0.1) is 0 Å². The maximum atomic E-state index is 14.2.